The zero-order chi connectivity index (χ0) is 19.5. The summed E-state index contributed by atoms with van der Waals surface area (Å²) in [7, 11) is -3.28. The van der Waals surface area contributed by atoms with Gasteiger partial charge >= 0.3 is 5.97 Å². The van der Waals surface area contributed by atoms with Gasteiger partial charge in [-0.3, -0.25) is 14.9 Å². The third kappa shape index (κ3) is 4.55. The van der Waals surface area contributed by atoms with Crippen molar-refractivity contribution in [2.45, 2.75) is 25.8 Å². The Kier molecular flexibility index (Phi) is 5.93. The lowest BCUT2D eigenvalue weighted by atomic mass is 10.0. The maximum absolute atomic E-state index is 12.3. The summed E-state index contributed by atoms with van der Waals surface area (Å²) in [5.74, 6) is -2.00. The van der Waals surface area contributed by atoms with Crippen LogP contribution in [0.3, 0.4) is 0 Å². The first-order valence-corrected chi connectivity index (χ1v) is 9.56. The largest absolute Gasteiger partial charge is 0.478 e. The van der Waals surface area contributed by atoms with Gasteiger partial charge in [-0.15, -0.1) is 0 Å². The Morgan fingerprint density at radius 3 is 2.35 bits per heavy atom. The Hall–Kier alpha value is -2.53. The van der Waals surface area contributed by atoms with E-state index in [1.807, 2.05) is 0 Å². The standard InChI is InChI=1S/C15H19N3O7S/c1-2-26(24,25)17-5-3-12(4-6-17)16-14(19)10-7-11(15(20)21)9-13(8-10)18(22)23/h7-9,12H,2-6H2,1H3,(H,16,19)(H,20,21). The lowest BCUT2D eigenvalue weighted by Gasteiger charge is -2.31. The minimum atomic E-state index is -3.28. The van der Waals surface area contributed by atoms with Crippen molar-refractivity contribution in [3.8, 4) is 0 Å². The second kappa shape index (κ2) is 7.79. The minimum Gasteiger partial charge on any atom is -0.478 e. The molecule has 0 saturated carbocycles. The topological polar surface area (TPSA) is 147 Å². The summed E-state index contributed by atoms with van der Waals surface area (Å²) < 4.78 is 25.0. The molecule has 1 saturated heterocycles. The number of benzene rings is 1. The minimum absolute atomic E-state index is 0.00960. The van der Waals surface area contributed by atoms with Gasteiger partial charge in [0, 0.05) is 36.8 Å². The van der Waals surface area contributed by atoms with Crippen LogP contribution < -0.4 is 5.32 Å². The van der Waals surface area contributed by atoms with E-state index in [1.54, 1.807) is 6.92 Å². The van der Waals surface area contributed by atoms with Crippen molar-refractivity contribution < 1.29 is 28.0 Å². The Balaban J connectivity index is 2.09. The third-order valence-corrected chi connectivity index (χ3v) is 6.07. The monoisotopic (exact) mass is 385 g/mol. The first-order valence-electron chi connectivity index (χ1n) is 7.95. The number of nitro benzene ring substituents is 1. The van der Waals surface area contributed by atoms with E-state index in [0.29, 0.717) is 12.8 Å². The van der Waals surface area contributed by atoms with Crippen molar-refractivity contribution in [1.29, 1.82) is 0 Å². The highest BCUT2D eigenvalue weighted by Gasteiger charge is 2.28. The number of nitrogens with one attached hydrogen (secondary N) is 1. The van der Waals surface area contributed by atoms with Crippen LogP contribution in [0.5, 0.6) is 0 Å². The Morgan fingerprint density at radius 2 is 1.85 bits per heavy atom. The summed E-state index contributed by atoms with van der Waals surface area (Å²) in [4.78, 5) is 33.6. The van der Waals surface area contributed by atoms with Gasteiger partial charge in [0.25, 0.3) is 11.6 Å². The van der Waals surface area contributed by atoms with Crippen LogP contribution in [0.15, 0.2) is 18.2 Å². The molecule has 1 aromatic rings. The Bertz CT molecular complexity index is 797. The molecule has 0 radical (unpaired) electrons. The predicted molar refractivity (Wildman–Crippen MR) is 91.6 cm³/mol. The number of nitro groups is 1. The van der Waals surface area contributed by atoms with Crippen molar-refractivity contribution >= 4 is 27.6 Å². The fourth-order valence-corrected chi connectivity index (χ4v) is 3.83. The maximum atomic E-state index is 12.3. The summed E-state index contributed by atoms with van der Waals surface area (Å²) >= 11 is 0. The molecule has 1 aliphatic rings. The fourth-order valence-electron chi connectivity index (χ4n) is 2.70. The van der Waals surface area contributed by atoms with E-state index in [4.69, 9.17) is 5.11 Å². The van der Waals surface area contributed by atoms with E-state index in [1.165, 1.54) is 4.31 Å². The lowest BCUT2D eigenvalue weighted by molar-refractivity contribution is -0.384. The second-order valence-corrected chi connectivity index (χ2v) is 8.14. The smallest absolute Gasteiger partial charge is 0.335 e. The molecule has 1 aliphatic heterocycles. The molecule has 11 heteroatoms. The van der Waals surface area contributed by atoms with Crippen molar-refractivity contribution in [3.63, 3.8) is 0 Å². The number of sulfonamides is 1. The molecule has 0 bridgehead atoms. The molecule has 0 aliphatic carbocycles. The van der Waals surface area contributed by atoms with Crippen LogP contribution in [-0.2, 0) is 10.0 Å². The molecule has 1 heterocycles. The number of carbonyl (C=O) groups is 2. The van der Waals surface area contributed by atoms with Crippen LogP contribution >= 0.6 is 0 Å². The molecular formula is C15H19N3O7S. The lowest BCUT2D eigenvalue weighted by Crippen LogP contribution is -2.46. The fraction of sp³-hybridized carbons (Fsp3) is 0.467. The molecule has 1 amide bonds. The van der Waals surface area contributed by atoms with Crippen LogP contribution in [-0.4, -0.2) is 59.5 Å². The molecule has 0 spiro atoms. The van der Waals surface area contributed by atoms with Gasteiger partial charge in [-0.05, 0) is 25.8 Å². The maximum Gasteiger partial charge on any atom is 0.335 e. The quantitative estimate of drug-likeness (QED) is 0.544. The average molecular weight is 385 g/mol. The first-order chi connectivity index (χ1) is 12.1. The molecule has 2 rings (SSSR count). The van der Waals surface area contributed by atoms with Crippen molar-refractivity contribution in [3.05, 3.63) is 39.4 Å². The zero-order valence-electron chi connectivity index (χ0n) is 14.0. The average Bonchev–Trinajstić information content (AvgIpc) is 2.61. The van der Waals surface area contributed by atoms with E-state index in [-0.39, 0.29) is 36.0 Å². The van der Waals surface area contributed by atoms with Gasteiger partial charge in [0.05, 0.1) is 16.2 Å². The van der Waals surface area contributed by atoms with E-state index >= 15 is 0 Å². The number of rotatable bonds is 6. The van der Waals surface area contributed by atoms with Gasteiger partial charge in [0.2, 0.25) is 10.0 Å². The molecule has 0 aromatic heterocycles. The summed E-state index contributed by atoms with van der Waals surface area (Å²) in [6.45, 7) is 2.11. The molecule has 26 heavy (non-hydrogen) atoms. The number of piperidine rings is 1. The predicted octanol–water partition coefficient (Wildman–Crippen LogP) is 0.837. The zero-order valence-corrected chi connectivity index (χ0v) is 14.9. The van der Waals surface area contributed by atoms with Gasteiger partial charge in [-0.1, -0.05) is 0 Å². The molecular weight excluding hydrogens is 366 g/mol. The van der Waals surface area contributed by atoms with Crippen LogP contribution in [0.1, 0.15) is 40.5 Å². The van der Waals surface area contributed by atoms with E-state index in [2.05, 4.69) is 5.32 Å². The summed E-state index contributed by atoms with van der Waals surface area (Å²) in [6.07, 6.45) is 0.817. The highest BCUT2D eigenvalue weighted by atomic mass is 32.2. The van der Waals surface area contributed by atoms with Gasteiger partial charge < -0.3 is 10.4 Å². The first kappa shape index (κ1) is 19.8. The van der Waals surface area contributed by atoms with Gasteiger partial charge in [-0.25, -0.2) is 17.5 Å². The van der Waals surface area contributed by atoms with E-state index in [0.717, 1.165) is 18.2 Å². The molecule has 1 aromatic carbocycles. The van der Waals surface area contributed by atoms with Gasteiger partial charge in [0.1, 0.15) is 0 Å². The number of carboxylic acids is 1. The number of non-ortho nitro benzene ring substituents is 1. The van der Waals surface area contributed by atoms with E-state index < -0.39 is 32.5 Å². The highest BCUT2D eigenvalue weighted by Crippen LogP contribution is 2.19. The van der Waals surface area contributed by atoms with Crippen molar-refractivity contribution in [1.82, 2.24) is 9.62 Å². The number of carbonyl (C=O) groups excluding carboxylic acids is 1. The van der Waals surface area contributed by atoms with Gasteiger partial charge in [0.15, 0.2) is 0 Å². The normalized spacial score (nSPS) is 16.2. The Labute approximate surface area is 150 Å². The number of aromatic carboxylic acids is 1. The summed E-state index contributed by atoms with van der Waals surface area (Å²) in [5, 5.41) is 22.6. The molecule has 10 nitrogen and oxygen atoms in total. The van der Waals surface area contributed by atoms with Crippen LogP contribution in [0.2, 0.25) is 0 Å². The van der Waals surface area contributed by atoms with Crippen LogP contribution in [0, 0.1) is 10.1 Å². The second-order valence-electron chi connectivity index (χ2n) is 5.88. The summed E-state index contributed by atoms with van der Waals surface area (Å²) in [6, 6.07) is 2.67. The summed E-state index contributed by atoms with van der Waals surface area (Å²) in [5.41, 5.74) is -0.965. The number of amides is 1. The number of hydrogen-bond donors (Lipinski definition) is 2. The number of hydrogen-bond acceptors (Lipinski definition) is 6. The van der Waals surface area contributed by atoms with Gasteiger partial charge in [-0.2, -0.15) is 0 Å². The van der Waals surface area contributed by atoms with E-state index in [9.17, 15) is 28.1 Å². The molecule has 2 N–H and O–H groups in total. The molecule has 1 fully saturated rings. The SMILES string of the molecule is CCS(=O)(=O)N1CCC(NC(=O)c2cc(C(=O)O)cc([N+](=O)[O-])c2)CC1. The molecule has 0 atom stereocenters. The van der Waals surface area contributed by atoms with Crippen LogP contribution in [0.25, 0.3) is 0 Å². The number of nitrogens with zero attached hydrogens (tertiary/aromatic N) is 2. The Morgan fingerprint density at radius 1 is 1.27 bits per heavy atom. The molecule has 142 valence electrons. The molecule has 0 unspecified atom stereocenters. The third-order valence-electron chi connectivity index (χ3n) is 4.19. The number of carboxylic acid groups (broad SMARTS) is 1. The van der Waals surface area contributed by atoms with Crippen LogP contribution in [0.4, 0.5) is 5.69 Å². The van der Waals surface area contributed by atoms with Crippen molar-refractivity contribution in [2.75, 3.05) is 18.8 Å². The highest BCUT2D eigenvalue weighted by molar-refractivity contribution is 7.89. The van der Waals surface area contributed by atoms with Crippen molar-refractivity contribution in [2.24, 2.45) is 0 Å².